The average molecular weight is 279 g/mol. The zero-order valence-corrected chi connectivity index (χ0v) is 12.1. The highest BCUT2D eigenvalue weighted by Gasteiger charge is 2.05. The van der Waals surface area contributed by atoms with Crippen LogP contribution in [0.1, 0.15) is 37.8 Å². The molecule has 0 unspecified atom stereocenters. The predicted molar refractivity (Wildman–Crippen MR) is 77.8 cm³/mol. The van der Waals surface area contributed by atoms with Crippen molar-refractivity contribution in [3.63, 3.8) is 0 Å². The molecule has 1 heterocycles. The number of hydrogen-bond acceptors (Lipinski definition) is 3. The minimum atomic E-state index is -0.262. The van der Waals surface area contributed by atoms with Crippen LogP contribution in [0.25, 0.3) is 10.4 Å². The van der Waals surface area contributed by atoms with Crippen molar-refractivity contribution in [2.45, 2.75) is 45.6 Å². The molecule has 0 spiro atoms. The molecule has 0 N–H and O–H groups in total. The number of azide groups is 1. The minimum Gasteiger partial charge on any atom is -0.298 e. The van der Waals surface area contributed by atoms with Gasteiger partial charge in [0.15, 0.2) is 0 Å². The Morgan fingerprint density at radius 3 is 2.55 bits per heavy atom. The van der Waals surface area contributed by atoms with E-state index in [1.54, 1.807) is 11.5 Å². The molecule has 0 amide bonds. The number of rotatable bonds is 8. The van der Waals surface area contributed by atoms with Gasteiger partial charge in [0, 0.05) is 36.8 Å². The van der Waals surface area contributed by atoms with Gasteiger partial charge >= 0.3 is 5.69 Å². The second kappa shape index (κ2) is 8.22. The Labute approximate surface area is 117 Å². The molecule has 0 radical (unpaired) electrons. The van der Waals surface area contributed by atoms with Crippen LogP contribution >= 0.6 is 0 Å². The lowest BCUT2D eigenvalue weighted by Gasteiger charge is -2.10. The zero-order chi connectivity index (χ0) is 15.0. The molecule has 110 valence electrons. The molecule has 0 fully saturated rings. The van der Waals surface area contributed by atoms with Crippen molar-refractivity contribution in [1.82, 2.24) is 9.13 Å². The molecule has 1 aromatic rings. The number of aromatic nitrogens is 2. The van der Waals surface area contributed by atoms with Gasteiger partial charge in [-0.1, -0.05) is 24.4 Å². The number of unbranched alkanes of at least 4 members (excludes halogenated alkanes) is 4. The summed E-state index contributed by atoms with van der Waals surface area (Å²) in [5.41, 5.74) is 8.32. The van der Waals surface area contributed by atoms with Gasteiger partial charge in [0.05, 0.1) is 0 Å². The van der Waals surface area contributed by atoms with Crippen molar-refractivity contribution in [1.29, 1.82) is 0 Å². The summed E-state index contributed by atoms with van der Waals surface area (Å²) in [6.07, 6.45) is 4.91. The lowest BCUT2D eigenvalue weighted by atomic mass is 10.1. The molecular weight excluding hydrogens is 258 g/mol. The molecule has 0 atom stereocenters. The van der Waals surface area contributed by atoms with Crippen LogP contribution < -0.4 is 11.2 Å². The summed E-state index contributed by atoms with van der Waals surface area (Å²) in [6, 6.07) is 1.49. The molecule has 0 aliphatic heterocycles. The Bertz CT molecular complexity index is 596. The maximum atomic E-state index is 11.9. The van der Waals surface area contributed by atoms with Crippen molar-refractivity contribution >= 4 is 0 Å². The zero-order valence-electron chi connectivity index (χ0n) is 12.1. The Hall–Kier alpha value is -2.01. The second-order valence-electron chi connectivity index (χ2n) is 4.84. The largest absolute Gasteiger partial charge is 0.330 e. The molecule has 0 saturated carbocycles. The minimum absolute atomic E-state index is 0.252. The van der Waals surface area contributed by atoms with Crippen molar-refractivity contribution in [3.8, 4) is 0 Å². The standard InChI is InChI=1S/C13H21N5O2/c1-11-10-12(19)17(2)13(20)18(11)9-7-5-3-4-6-8-15-16-14/h10H,3-9H2,1-2H3. The molecule has 0 aliphatic rings. The summed E-state index contributed by atoms with van der Waals surface area (Å²) in [5, 5.41) is 3.48. The number of hydrogen-bond donors (Lipinski definition) is 0. The summed E-state index contributed by atoms with van der Waals surface area (Å²) < 4.78 is 2.77. The molecule has 0 aliphatic carbocycles. The van der Waals surface area contributed by atoms with E-state index in [1.807, 2.05) is 0 Å². The van der Waals surface area contributed by atoms with Crippen LogP contribution in [-0.4, -0.2) is 15.7 Å². The maximum Gasteiger partial charge on any atom is 0.330 e. The highest BCUT2D eigenvalue weighted by Crippen LogP contribution is 2.05. The van der Waals surface area contributed by atoms with E-state index in [2.05, 4.69) is 10.0 Å². The van der Waals surface area contributed by atoms with Gasteiger partial charge in [0.1, 0.15) is 0 Å². The fourth-order valence-electron chi connectivity index (χ4n) is 2.08. The summed E-state index contributed by atoms with van der Waals surface area (Å²) in [6.45, 7) is 2.97. The third-order valence-electron chi connectivity index (χ3n) is 3.31. The third-order valence-corrected chi connectivity index (χ3v) is 3.31. The Morgan fingerprint density at radius 1 is 1.20 bits per heavy atom. The van der Waals surface area contributed by atoms with Gasteiger partial charge in [-0.05, 0) is 25.3 Å². The molecule has 7 nitrogen and oxygen atoms in total. The fraction of sp³-hybridized carbons (Fsp3) is 0.692. The van der Waals surface area contributed by atoms with Gasteiger partial charge < -0.3 is 0 Å². The van der Waals surface area contributed by atoms with Crippen LogP contribution in [0.2, 0.25) is 0 Å². The normalized spacial score (nSPS) is 10.3. The Balaban J connectivity index is 2.40. The van der Waals surface area contributed by atoms with Gasteiger partial charge in [-0.25, -0.2) is 4.79 Å². The van der Waals surface area contributed by atoms with E-state index in [1.165, 1.54) is 13.1 Å². The monoisotopic (exact) mass is 279 g/mol. The molecule has 7 heteroatoms. The quantitative estimate of drug-likeness (QED) is 0.315. The molecule has 0 saturated heterocycles. The first-order chi connectivity index (χ1) is 9.57. The van der Waals surface area contributed by atoms with Crippen molar-refractivity contribution < 1.29 is 0 Å². The van der Waals surface area contributed by atoms with Crippen LogP contribution in [0.15, 0.2) is 20.8 Å². The molecule has 1 rings (SSSR count). The van der Waals surface area contributed by atoms with Crippen LogP contribution in [0, 0.1) is 6.92 Å². The smallest absolute Gasteiger partial charge is 0.298 e. The van der Waals surface area contributed by atoms with Gasteiger partial charge in [0.25, 0.3) is 5.56 Å². The van der Waals surface area contributed by atoms with E-state index < -0.39 is 0 Å². The number of aryl methyl sites for hydroxylation is 1. The maximum absolute atomic E-state index is 11.9. The van der Waals surface area contributed by atoms with Crippen LogP contribution in [-0.2, 0) is 13.6 Å². The Kier molecular flexibility index (Phi) is 6.59. The van der Waals surface area contributed by atoms with E-state index >= 15 is 0 Å². The highest BCUT2D eigenvalue weighted by molar-refractivity contribution is 4.99. The lowest BCUT2D eigenvalue weighted by molar-refractivity contribution is 0.521. The first-order valence-electron chi connectivity index (χ1n) is 6.86. The van der Waals surface area contributed by atoms with Crippen LogP contribution in [0.5, 0.6) is 0 Å². The summed E-state index contributed by atoms with van der Waals surface area (Å²) >= 11 is 0. The average Bonchev–Trinajstić information content (AvgIpc) is 2.42. The molecule has 0 bridgehead atoms. The van der Waals surface area contributed by atoms with Crippen molar-refractivity contribution in [2.75, 3.05) is 6.54 Å². The van der Waals surface area contributed by atoms with Gasteiger partial charge in [-0.3, -0.25) is 13.9 Å². The van der Waals surface area contributed by atoms with Crippen molar-refractivity contribution in [2.24, 2.45) is 12.2 Å². The predicted octanol–water partition coefficient (Wildman–Crippen LogP) is 2.12. The lowest BCUT2D eigenvalue weighted by Crippen LogP contribution is -2.38. The van der Waals surface area contributed by atoms with E-state index in [0.717, 1.165) is 36.7 Å². The van der Waals surface area contributed by atoms with E-state index in [9.17, 15) is 9.59 Å². The van der Waals surface area contributed by atoms with E-state index in [4.69, 9.17) is 5.53 Å². The van der Waals surface area contributed by atoms with E-state index in [0.29, 0.717) is 18.8 Å². The fourth-order valence-corrected chi connectivity index (χ4v) is 2.08. The van der Waals surface area contributed by atoms with Crippen molar-refractivity contribution in [3.05, 3.63) is 43.0 Å². The van der Waals surface area contributed by atoms with Crippen LogP contribution in [0.3, 0.4) is 0 Å². The molecular formula is C13H21N5O2. The van der Waals surface area contributed by atoms with Gasteiger partial charge in [0.2, 0.25) is 0 Å². The second-order valence-corrected chi connectivity index (χ2v) is 4.84. The summed E-state index contributed by atoms with van der Waals surface area (Å²) in [5.74, 6) is 0. The summed E-state index contributed by atoms with van der Waals surface area (Å²) in [4.78, 5) is 26.1. The molecule has 1 aromatic heterocycles. The number of nitrogens with zero attached hydrogens (tertiary/aromatic N) is 5. The van der Waals surface area contributed by atoms with E-state index in [-0.39, 0.29) is 11.2 Å². The van der Waals surface area contributed by atoms with Gasteiger partial charge in [-0.2, -0.15) is 0 Å². The van der Waals surface area contributed by atoms with Gasteiger partial charge in [-0.15, -0.1) is 0 Å². The molecule has 0 aromatic carbocycles. The first kappa shape index (κ1) is 16.0. The molecule has 20 heavy (non-hydrogen) atoms. The topological polar surface area (TPSA) is 92.8 Å². The SMILES string of the molecule is Cc1cc(=O)n(C)c(=O)n1CCCCCCCN=[N+]=[N-]. The van der Waals surface area contributed by atoms with Crippen LogP contribution in [0.4, 0.5) is 0 Å². The highest BCUT2D eigenvalue weighted by atomic mass is 16.2. The Morgan fingerprint density at radius 2 is 1.85 bits per heavy atom. The third kappa shape index (κ3) is 4.59. The first-order valence-corrected chi connectivity index (χ1v) is 6.86. The summed E-state index contributed by atoms with van der Waals surface area (Å²) in [7, 11) is 1.50.